The van der Waals surface area contributed by atoms with Gasteiger partial charge in [0.25, 0.3) is 5.56 Å². The van der Waals surface area contributed by atoms with Gasteiger partial charge in [-0.2, -0.15) is 9.78 Å². The zero-order valence-electron chi connectivity index (χ0n) is 16.4. The molecule has 0 bridgehead atoms. The number of fused-ring (bicyclic) bond motifs is 1. The molecular formula is C22H21BrClN3O2. The van der Waals surface area contributed by atoms with E-state index in [4.69, 9.17) is 21.3 Å². The van der Waals surface area contributed by atoms with Crippen molar-refractivity contribution in [1.82, 2.24) is 9.66 Å². The standard InChI is InChI=1S/C22H21BrClN3O2/c1-5-10-29-19-9-7-16(24)11-14(19)13-25-27-20(28)17-12-15(23)6-8-18(17)26-21(27)22(2,3)4/h5-9,11-13H,1,10H2,2-4H3. The molecular weight excluding hydrogens is 454 g/mol. The van der Waals surface area contributed by atoms with Crippen LogP contribution in [0.1, 0.15) is 32.2 Å². The van der Waals surface area contributed by atoms with Crippen molar-refractivity contribution in [2.75, 3.05) is 6.61 Å². The molecule has 0 radical (unpaired) electrons. The molecule has 3 aromatic rings. The van der Waals surface area contributed by atoms with Crippen LogP contribution in [0.2, 0.25) is 5.02 Å². The lowest BCUT2D eigenvalue weighted by molar-refractivity contribution is 0.362. The topological polar surface area (TPSA) is 56.5 Å². The third kappa shape index (κ3) is 4.77. The number of rotatable bonds is 5. The van der Waals surface area contributed by atoms with E-state index in [0.29, 0.717) is 39.7 Å². The summed E-state index contributed by atoms with van der Waals surface area (Å²) in [6, 6.07) is 10.7. The van der Waals surface area contributed by atoms with Crippen LogP contribution in [0, 0.1) is 0 Å². The number of hydrogen-bond donors (Lipinski definition) is 0. The molecule has 0 saturated carbocycles. The van der Waals surface area contributed by atoms with Crippen LogP contribution in [0.15, 0.2) is 63.4 Å². The van der Waals surface area contributed by atoms with Crippen molar-refractivity contribution in [2.24, 2.45) is 5.10 Å². The van der Waals surface area contributed by atoms with Crippen LogP contribution in [0.25, 0.3) is 10.9 Å². The predicted octanol–water partition coefficient (Wildman–Crippen LogP) is 5.56. The Kier molecular flexibility index (Phi) is 6.24. The van der Waals surface area contributed by atoms with Gasteiger partial charge < -0.3 is 4.74 Å². The van der Waals surface area contributed by atoms with Gasteiger partial charge in [-0.25, -0.2) is 4.98 Å². The lowest BCUT2D eigenvalue weighted by Crippen LogP contribution is -2.29. The summed E-state index contributed by atoms with van der Waals surface area (Å²) in [7, 11) is 0. The summed E-state index contributed by atoms with van der Waals surface area (Å²) in [4.78, 5) is 17.9. The molecule has 0 aliphatic rings. The smallest absolute Gasteiger partial charge is 0.282 e. The Hall–Kier alpha value is -2.44. The minimum absolute atomic E-state index is 0.243. The summed E-state index contributed by atoms with van der Waals surface area (Å²) in [6.07, 6.45) is 3.22. The molecule has 0 fully saturated rings. The summed E-state index contributed by atoms with van der Waals surface area (Å²) in [6.45, 7) is 9.98. The van der Waals surface area contributed by atoms with E-state index in [1.165, 1.54) is 4.68 Å². The average molecular weight is 475 g/mol. The number of aromatic nitrogens is 2. The van der Waals surface area contributed by atoms with E-state index in [2.05, 4.69) is 27.6 Å². The summed E-state index contributed by atoms with van der Waals surface area (Å²) < 4.78 is 7.81. The van der Waals surface area contributed by atoms with Crippen LogP contribution in [0.3, 0.4) is 0 Å². The minimum atomic E-state index is -0.395. The molecule has 3 rings (SSSR count). The van der Waals surface area contributed by atoms with Crippen molar-refractivity contribution >= 4 is 44.6 Å². The number of hydrogen-bond acceptors (Lipinski definition) is 4. The Morgan fingerprint density at radius 3 is 2.72 bits per heavy atom. The summed E-state index contributed by atoms with van der Waals surface area (Å²) in [5, 5.41) is 5.50. The van der Waals surface area contributed by atoms with Gasteiger partial charge in [0.15, 0.2) is 0 Å². The predicted molar refractivity (Wildman–Crippen MR) is 123 cm³/mol. The first-order chi connectivity index (χ1) is 13.7. The van der Waals surface area contributed by atoms with Crippen LogP contribution in [0.5, 0.6) is 5.75 Å². The Labute approximate surface area is 182 Å². The molecule has 2 aromatic carbocycles. The second-order valence-electron chi connectivity index (χ2n) is 7.49. The van der Waals surface area contributed by atoms with Gasteiger partial charge in [-0.15, -0.1) is 0 Å². The van der Waals surface area contributed by atoms with Gasteiger partial charge in [0.05, 0.1) is 17.1 Å². The highest BCUT2D eigenvalue weighted by Crippen LogP contribution is 2.24. The number of benzene rings is 2. The Bertz CT molecular complexity index is 1160. The highest BCUT2D eigenvalue weighted by Gasteiger charge is 2.23. The summed E-state index contributed by atoms with van der Waals surface area (Å²) >= 11 is 9.55. The van der Waals surface area contributed by atoms with Gasteiger partial charge in [0, 0.05) is 20.5 Å². The third-order valence-electron chi connectivity index (χ3n) is 4.12. The van der Waals surface area contributed by atoms with E-state index in [-0.39, 0.29) is 5.56 Å². The van der Waals surface area contributed by atoms with E-state index >= 15 is 0 Å². The molecule has 0 N–H and O–H groups in total. The molecule has 0 unspecified atom stereocenters. The van der Waals surface area contributed by atoms with E-state index in [1.807, 2.05) is 32.9 Å². The van der Waals surface area contributed by atoms with Crippen molar-refractivity contribution in [2.45, 2.75) is 26.2 Å². The Balaban J connectivity index is 2.19. The SMILES string of the molecule is C=CCOc1ccc(Cl)cc1C=Nn1c(C(C)(C)C)nc2ccc(Br)cc2c1=O. The molecule has 29 heavy (non-hydrogen) atoms. The fraction of sp³-hybridized carbons (Fsp3) is 0.227. The first kappa shape index (κ1) is 21.3. The van der Waals surface area contributed by atoms with Crippen LogP contribution in [0.4, 0.5) is 0 Å². The van der Waals surface area contributed by atoms with Crippen LogP contribution >= 0.6 is 27.5 Å². The van der Waals surface area contributed by atoms with Crippen LogP contribution < -0.4 is 10.3 Å². The highest BCUT2D eigenvalue weighted by molar-refractivity contribution is 9.10. The van der Waals surface area contributed by atoms with E-state index < -0.39 is 5.41 Å². The second-order valence-corrected chi connectivity index (χ2v) is 8.84. The zero-order chi connectivity index (χ0) is 21.2. The Morgan fingerprint density at radius 1 is 1.28 bits per heavy atom. The van der Waals surface area contributed by atoms with E-state index in [0.717, 1.165) is 4.47 Å². The highest BCUT2D eigenvalue weighted by atomic mass is 79.9. The lowest BCUT2D eigenvalue weighted by atomic mass is 9.95. The van der Waals surface area contributed by atoms with Gasteiger partial charge in [-0.05, 0) is 36.4 Å². The molecule has 0 atom stereocenters. The maximum Gasteiger partial charge on any atom is 0.282 e. The fourth-order valence-electron chi connectivity index (χ4n) is 2.76. The maximum absolute atomic E-state index is 13.2. The monoisotopic (exact) mass is 473 g/mol. The summed E-state index contributed by atoms with van der Waals surface area (Å²) in [5.41, 5.74) is 0.648. The van der Waals surface area contributed by atoms with Crippen LogP contribution in [-0.2, 0) is 5.41 Å². The molecule has 7 heteroatoms. The van der Waals surface area contributed by atoms with Gasteiger partial charge in [-0.3, -0.25) is 4.79 Å². The fourth-order valence-corrected chi connectivity index (χ4v) is 3.30. The van der Waals surface area contributed by atoms with Crippen molar-refractivity contribution < 1.29 is 4.74 Å². The average Bonchev–Trinajstić information content (AvgIpc) is 2.66. The van der Waals surface area contributed by atoms with Gasteiger partial charge >= 0.3 is 0 Å². The largest absolute Gasteiger partial charge is 0.489 e. The molecule has 0 amide bonds. The maximum atomic E-state index is 13.2. The number of nitrogens with zero attached hydrogens (tertiary/aromatic N) is 3. The molecule has 1 heterocycles. The molecule has 1 aromatic heterocycles. The van der Waals surface area contributed by atoms with E-state index in [9.17, 15) is 4.79 Å². The zero-order valence-corrected chi connectivity index (χ0v) is 18.8. The van der Waals surface area contributed by atoms with E-state index in [1.54, 1.807) is 36.6 Å². The quantitative estimate of drug-likeness (QED) is 0.359. The van der Waals surface area contributed by atoms with Crippen LogP contribution in [-0.4, -0.2) is 22.5 Å². The molecule has 150 valence electrons. The molecule has 0 aliphatic heterocycles. The van der Waals surface area contributed by atoms with Crippen molar-refractivity contribution in [3.8, 4) is 5.75 Å². The van der Waals surface area contributed by atoms with Gasteiger partial charge in [0.1, 0.15) is 18.2 Å². The first-order valence-electron chi connectivity index (χ1n) is 9.01. The minimum Gasteiger partial charge on any atom is -0.489 e. The van der Waals surface area contributed by atoms with Crippen molar-refractivity contribution in [3.63, 3.8) is 0 Å². The summed E-state index contributed by atoms with van der Waals surface area (Å²) in [5.74, 6) is 1.16. The molecule has 5 nitrogen and oxygen atoms in total. The van der Waals surface area contributed by atoms with Crippen molar-refractivity contribution in [3.05, 3.63) is 80.3 Å². The lowest BCUT2D eigenvalue weighted by Gasteiger charge is -2.21. The van der Waals surface area contributed by atoms with Gasteiger partial charge in [-0.1, -0.05) is 61.0 Å². The second kappa shape index (κ2) is 8.51. The normalized spacial score (nSPS) is 11.9. The third-order valence-corrected chi connectivity index (χ3v) is 4.85. The molecule has 0 aliphatic carbocycles. The Morgan fingerprint density at radius 2 is 2.03 bits per heavy atom. The molecule has 0 saturated heterocycles. The van der Waals surface area contributed by atoms with Gasteiger partial charge in [0.2, 0.25) is 0 Å². The first-order valence-corrected chi connectivity index (χ1v) is 10.2. The number of halogens is 2. The molecule has 0 spiro atoms. The number of ether oxygens (including phenoxy) is 1. The van der Waals surface area contributed by atoms with Crippen molar-refractivity contribution in [1.29, 1.82) is 0 Å².